The summed E-state index contributed by atoms with van der Waals surface area (Å²) in [5, 5.41) is 0. The van der Waals surface area contributed by atoms with Crippen molar-refractivity contribution < 1.29 is 0 Å². The normalized spacial score (nSPS) is 21.2. The SMILES string of the molecule is C/C=C(\C=C(\C)C1=CC=CC1)C1=CCC1. The number of hydrogen-bond donors (Lipinski definition) is 0. The smallest absolute Gasteiger partial charge is 0.00917 e. The predicted molar refractivity (Wildman–Crippen MR) is 66.7 cm³/mol. The molecule has 0 saturated carbocycles. The van der Waals surface area contributed by atoms with Crippen molar-refractivity contribution in [1.29, 1.82) is 0 Å². The van der Waals surface area contributed by atoms with E-state index in [-0.39, 0.29) is 0 Å². The van der Waals surface area contributed by atoms with Gasteiger partial charge in [-0.15, -0.1) is 0 Å². The van der Waals surface area contributed by atoms with Gasteiger partial charge in [0, 0.05) is 0 Å². The van der Waals surface area contributed by atoms with Crippen molar-refractivity contribution >= 4 is 0 Å². The van der Waals surface area contributed by atoms with Crippen LogP contribution >= 0.6 is 0 Å². The topological polar surface area (TPSA) is 0 Å². The van der Waals surface area contributed by atoms with E-state index in [0.717, 1.165) is 6.42 Å². The Balaban J connectivity index is 2.14. The summed E-state index contributed by atoms with van der Waals surface area (Å²) in [5.74, 6) is 0. The van der Waals surface area contributed by atoms with Crippen LogP contribution in [0.3, 0.4) is 0 Å². The van der Waals surface area contributed by atoms with Crippen LogP contribution < -0.4 is 0 Å². The number of allylic oxidation sites excluding steroid dienone is 10. The maximum atomic E-state index is 2.33. The van der Waals surface area contributed by atoms with E-state index < -0.39 is 0 Å². The van der Waals surface area contributed by atoms with Crippen LogP contribution in [0, 0.1) is 0 Å². The highest BCUT2D eigenvalue weighted by Gasteiger charge is 2.09. The summed E-state index contributed by atoms with van der Waals surface area (Å²) in [6.07, 6.45) is 17.0. The zero-order valence-electron chi connectivity index (χ0n) is 9.59. The molecule has 0 bridgehead atoms. The van der Waals surface area contributed by atoms with Crippen LogP contribution in [0.15, 0.2) is 58.7 Å². The second kappa shape index (κ2) is 4.48. The molecule has 0 aromatic rings. The Kier molecular flexibility index (Phi) is 3.05. The van der Waals surface area contributed by atoms with Crippen molar-refractivity contribution in [3.05, 3.63) is 58.7 Å². The maximum absolute atomic E-state index is 2.33. The highest BCUT2D eigenvalue weighted by Crippen LogP contribution is 2.29. The molecule has 0 spiro atoms. The third kappa shape index (κ3) is 2.20. The highest BCUT2D eigenvalue weighted by molar-refractivity contribution is 5.49. The summed E-state index contributed by atoms with van der Waals surface area (Å²) in [6.45, 7) is 4.33. The lowest BCUT2D eigenvalue weighted by Gasteiger charge is -2.16. The van der Waals surface area contributed by atoms with E-state index in [1.165, 1.54) is 35.1 Å². The summed E-state index contributed by atoms with van der Waals surface area (Å²) in [6, 6.07) is 0. The molecule has 2 aliphatic carbocycles. The largest absolute Gasteiger partial charge is 0.0804 e. The second-order valence-electron chi connectivity index (χ2n) is 4.16. The minimum Gasteiger partial charge on any atom is -0.0804 e. The molecule has 0 unspecified atom stereocenters. The van der Waals surface area contributed by atoms with Gasteiger partial charge < -0.3 is 0 Å². The molecule has 0 nitrogen and oxygen atoms in total. The standard InChI is InChI=1S/C15H18/c1-3-13(15-9-6-10-15)11-12(2)14-7-4-5-8-14/h3-5,7,9,11H,6,8,10H2,1-2H3/b12-11-,13-3+. The Bertz CT molecular complexity index is 398. The molecule has 15 heavy (non-hydrogen) atoms. The van der Waals surface area contributed by atoms with E-state index in [4.69, 9.17) is 0 Å². The van der Waals surface area contributed by atoms with Crippen LogP contribution in [0.5, 0.6) is 0 Å². The fourth-order valence-corrected chi connectivity index (χ4v) is 1.98. The first-order valence-electron chi connectivity index (χ1n) is 5.71. The van der Waals surface area contributed by atoms with E-state index >= 15 is 0 Å². The van der Waals surface area contributed by atoms with Gasteiger partial charge in [-0.05, 0) is 55.4 Å². The average Bonchev–Trinajstić information content (AvgIpc) is 2.66. The molecular weight excluding hydrogens is 180 g/mol. The van der Waals surface area contributed by atoms with Crippen LogP contribution in [0.4, 0.5) is 0 Å². The van der Waals surface area contributed by atoms with Gasteiger partial charge >= 0.3 is 0 Å². The summed E-state index contributed by atoms with van der Waals surface area (Å²) in [4.78, 5) is 0. The van der Waals surface area contributed by atoms with Gasteiger partial charge in [0.05, 0.1) is 0 Å². The summed E-state index contributed by atoms with van der Waals surface area (Å²) in [7, 11) is 0. The van der Waals surface area contributed by atoms with Gasteiger partial charge in [0.25, 0.3) is 0 Å². The predicted octanol–water partition coefficient (Wildman–Crippen LogP) is 4.49. The molecule has 2 aliphatic rings. The molecule has 0 fully saturated rings. The van der Waals surface area contributed by atoms with E-state index in [2.05, 4.69) is 50.3 Å². The Morgan fingerprint density at radius 3 is 2.60 bits per heavy atom. The average molecular weight is 198 g/mol. The van der Waals surface area contributed by atoms with E-state index in [9.17, 15) is 0 Å². The minimum atomic E-state index is 1.10. The summed E-state index contributed by atoms with van der Waals surface area (Å²) in [5.41, 5.74) is 5.78. The van der Waals surface area contributed by atoms with Crippen LogP contribution in [0.25, 0.3) is 0 Å². The first-order chi connectivity index (χ1) is 7.31. The molecule has 0 aromatic heterocycles. The number of hydrogen-bond acceptors (Lipinski definition) is 0. The van der Waals surface area contributed by atoms with Crippen molar-refractivity contribution in [2.24, 2.45) is 0 Å². The molecule has 0 radical (unpaired) electrons. The molecule has 0 aliphatic heterocycles. The zero-order chi connectivity index (χ0) is 10.7. The fraction of sp³-hybridized carbons (Fsp3) is 0.333. The van der Waals surface area contributed by atoms with Crippen molar-refractivity contribution in [2.75, 3.05) is 0 Å². The summed E-state index contributed by atoms with van der Waals surface area (Å²) < 4.78 is 0. The monoisotopic (exact) mass is 198 g/mol. The molecule has 78 valence electrons. The lowest BCUT2D eigenvalue weighted by Crippen LogP contribution is -1.97. The van der Waals surface area contributed by atoms with Gasteiger partial charge in [0.2, 0.25) is 0 Å². The molecular formula is C15H18. The van der Waals surface area contributed by atoms with Crippen LogP contribution in [0.2, 0.25) is 0 Å². The third-order valence-electron chi connectivity index (χ3n) is 3.14. The van der Waals surface area contributed by atoms with Crippen molar-refractivity contribution in [2.45, 2.75) is 33.1 Å². The molecule has 0 amide bonds. The third-order valence-corrected chi connectivity index (χ3v) is 3.14. The van der Waals surface area contributed by atoms with Crippen LogP contribution in [0.1, 0.15) is 33.1 Å². The second-order valence-corrected chi connectivity index (χ2v) is 4.16. The van der Waals surface area contributed by atoms with Crippen LogP contribution in [-0.4, -0.2) is 0 Å². The Hall–Kier alpha value is -1.30. The first-order valence-corrected chi connectivity index (χ1v) is 5.71. The van der Waals surface area contributed by atoms with Crippen molar-refractivity contribution in [1.82, 2.24) is 0 Å². The van der Waals surface area contributed by atoms with E-state index in [0.29, 0.717) is 0 Å². The summed E-state index contributed by atoms with van der Waals surface area (Å²) >= 11 is 0. The lowest BCUT2D eigenvalue weighted by molar-refractivity contribution is 0.891. The van der Waals surface area contributed by atoms with Gasteiger partial charge in [-0.3, -0.25) is 0 Å². The Morgan fingerprint density at radius 2 is 2.13 bits per heavy atom. The highest BCUT2D eigenvalue weighted by atomic mass is 14.1. The van der Waals surface area contributed by atoms with E-state index in [1.807, 2.05) is 0 Å². The first kappa shape index (κ1) is 10.2. The Morgan fingerprint density at radius 1 is 1.33 bits per heavy atom. The molecule has 0 heterocycles. The van der Waals surface area contributed by atoms with Crippen LogP contribution in [-0.2, 0) is 0 Å². The zero-order valence-corrected chi connectivity index (χ0v) is 9.59. The molecule has 0 atom stereocenters. The van der Waals surface area contributed by atoms with E-state index in [1.54, 1.807) is 0 Å². The van der Waals surface area contributed by atoms with Gasteiger partial charge in [0.1, 0.15) is 0 Å². The quantitative estimate of drug-likeness (QED) is 0.586. The maximum Gasteiger partial charge on any atom is -0.00917 e. The van der Waals surface area contributed by atoms with Gasteiger partial charge in [-0.2, -0.15) is 0 Å². The molecule has 0 heteroatoms. The van der Waals surface area contributed by atoms with Gasteiger partial charge in [0.15, 0.2) is 0 Å². The van der Waals surface area contributed by atoms with Crippen molar-refractivity contribution in [3.8, 4) is 0 Å². The van der Waals surface area contributed by atoms with Gasteiger partial charge in [-0.1, -0.05) is 36.5 Å². The van der Waals surface area contributed by atoms with Crippen molar-refractivity contribution in [3.63, 3.8) is 0 Å². The number of rotatable bonds is 3. The minimum absolute atomic E-state index is 1.10. The van der Waals surface area contributed by atoms with Gasteiger partial charge in [-0.25, -0.2) is 0 Å². The Labute approximate surface area is 92.4 Å². The molecule has 0 N–H and O–H groups in total. The molecule has 2 rings (SSSR count). The lowest BCUT2D eigenvalue weighted by atomic mass is 9.89. The molecule has 0 saturated heterocycles. The molecule has 0 aromatic carbocycles. The fourth-order valence-electron chi connectivity index (χ4n) is 1.98.